The van der Waals surface area contributed by atoms with E-state index in [1.54, 1.807) is 14.2 Å². The van der Waals surface area contributed by atoms with Crippen LogP contribution in [-0.2, 0) is 6.42 Å². The molecule has 0 radical (unpaired) electrons. The van der Waals surface area contributed by atoms with Crippen LogP contribution in [-0.4, -0.2) is 24.9 Å². The van der Waals surface area contributed by atoms with E-state index >= 15 is 0 Å². The fraction of sp³-hybridized carbons (Fsp3) is 0.571. The predicted octanol–water partition coefficient (Wildman–Crippen LogP) is 2.39. The van der Waals surface area contributed by atoms with Crippen molar-refractivity contribution < 1.29 is 14.6 Å². The number of hydrogen-bond donors (Lipinski definition) is 1. The van der Waals surface area contributed by atoms with Gasteiger partial charge in [0.05, 0.1) is 19.8 Å². The molecule has 3 heteroatoms. The van der Waals surface area contributed by atoms with Gasteiger partial charge in [-0.05, 0) is 43.9 Å². The highest BCUT2D eigenvalue weighted by atomic mass is 16.5. The Labute approximate surface area is 102 Å². The summed E-state index contributed by atoms with van der Waals surface area (Å²) in [4.78, 5) is 0. The first-order chi connectivity index (χ1) is 8.00. The number of methoxy groups -OCH3 is 2. The Morgan fingerprint density at radius 3 is 2.35 bits per heavy atom. The lowest BCUT2D eigenvalue weighted by atomic mass is 9.96. The van der Waals surface area contributed by atoms with Crippen LogP contribution in [0.4, 0.5) is 0 Å². The third kappa shape index (κ3) is 2.25. The van der Waals surface area contributed by atoms with Crippen molar-refractivity contribution in [2.24, 2.45) is 0 Å². The van der Waals surface area contributed by atoms with E-state index in [4.69, 9.17) is 9.47 Å². The zero-order valence-corrected chi connectivity index (χ0v) is 11.0. The quantitative estimate of drug-likeness (QED) is 0.872. The zero-order valence-electron chi connectivity index (χ0n) is 11.0. The molecule has 0 bridgehead atoms. The number of hydrogen-bond acceptors (Lipinski definition) is 3. The molecule has 1 saturated carbocycles. The lowest BCUT2D eigenvalue weighted by Gasteiger charge is -2.19. The predicted molar refractivity (Wildman–Crippen MR) is 66.9 cm³/mol. The highest BCUT2D eigenvalue weighted by molar-refractivity contribution is 5.53. The van der Waals surface area contributed by atoms with E-state index < -0.39 is 5.60 Å². The second-order valence-corrected chi connectivity index (χ2v) is 4.93. The molecule has 1 aromatic carbocycles. The molecule has 1 aromatic rings. The SMILES string of the molecule is COc1cc(C)c(OC)c(CC2(O)CC2)c1C. The molecule has 0 aromatic heterocycles. The Morgan fingerprint density at radius 1 is 1.24 bits per heavy atom. The third-order valence-electron chi connectivity index (χ3n) is 3.56. The Balaban J connectivity index is 2.48. The van der Waals surface area contributed by atoms with Gasteiger partial charge in [0, 0.05) is 12.0 Å². The standard InChI is InChI=1S/C14H20O3/c1-9-7-12(16-3)10(2)11(13(9)17-4)8-14(15)5-6-14/h7,15H,5-6,8H2,1-4H3. The van der Waals surface area contributed by atoms with E-state index in [1.165, 1.54) is 0 Å². The fourth-order valence-electron chi connectivity index (χ4n) is 2.29. The van der Waals surface area contributed by atoms with Crippen molar-refractivity contribution in [2.75, 3.05) is 14.2 Å². The van der Waals surface area contributed by atoms with E-state index in [1.807, 2.05) is 19.9 Å². The van der Waals surface area contributed by atoms with Crippen LogP contribution < -0.4 is 9.47 Å². The number of rotatable bonds is 4. The monoisotopic (exact) mass is 236 g/mol. The molecule has 0 amide bonds. The van der Waals surface area contributed by atoms with Crippen LogP contribution >= 0.6 is 0 Å². The minimum absolute atomic E-state index is 0.517. The van der Waals surface area contributed by atoms with Gasteiger partial charge in [0.25, 0.3) is 0 Å². The first kappa shape index (κ1) is 12.2. The average Bonchev–Trinajstić information content (AvgIpc) is 3.01. The normalized spacial score (nSPS) is 16.8. The highest BCUT2D eigenvalue weighted by Crippen LogP contribution is 2.43. The average molecular weight is 236 g/mol. The number of aliphatic hydroxyl groups is 1. The van der Waals surface area contributed by atoms with Crippen molar-refractivity contribution in [1.29, 1.82) is 0 Å². The van der Waals surface area contributed by atoms with Gasteiger partial charge < -0.3 is 14.6 Å². The topological polar surface area (TPSA) is 38.7 Å². The molecule has 0 atom stereocenters. The maximum atomic E-state index is 10.1. The minimum Gasteiger partial charge on any atom is -0.496 e. The number of aryl methyl sites for hydroxylation is 1. The summed E-state index contributed by atoms with van der Waals surface area (Å²) < 4.78 is 10.8. The molecule has 1 aliphatic carbocycles. The van der Waals surface area contributed by atoms with E-state index in [9.17, 15) is 5.11 Å². The van der Waals surface area contributed by atoms with Gasteiger partial charge in [-0.25, -0.2) is 0 Å². The van der Waals surface area contributed by atoms with Gasteiger partial charge >= 0.3 is 0 Å². The Bertz CT molecular complexity index is 434. The molecule has 0 saturated heterocycles. The van der Waals surface area contributed by atoms with Gasteiger partial charge in [-0.2, -0.15) is 0 Å². The summed E-state index contributed by atoms with van der Waals surface area (Å²) in [6, 6.07) is 1.98. The molecular weight excluding hydrogens is 216 g/mol. The van der Waals surface area contributed by atoms with Gasteiger partial charge in [-0.1, -0.05) is 0 Å². The van der Waals surface area contributed by atoms with Crippen molar-refractivity contribution in [3.05, 3.63) is 22.8 Å². The smallest absolute Gasteiger partial charge is 0.125 e. The molecule has 94 valence electrons. The summed E-state index contributed by atoms with van der Waals surface area (Å²) in [7, 11) is 3.35. The van der Waals surface area contributed by atoms with Crippen LogP contribution in [0.2, 0.25) is 0 Å². The first-order valence-electron chi connectivity index (χ1n) is 5.94. The Hall–Kier alpha value is -1.22. The molecule has 17 heavy (non-hydrogen) atoms. The van der Waals surface area contributed by atoms with Crippen molar-refractivity contribution in [3.63, 3.8) is 0 Å². The minimum atomic E-state index is -0.517. The fourth-order valence-corrected chi connectivity index (χ4v) is 2.29. The van der Waals surface area contributed by atoms with E-state index in [0.717, 1.165) is 41.0 Å². The molecule has 0 unspecified atom stereocenters. The summed E-state index contributed by atoms with van der Waals surface area (Å²) in [5.41, 5.74) is 2.67. The lowest BCUT2D eigenvalue weighted by Crippen LogP contribution is -2.13. The summed E-state index contributed by atoms with van der Waals surface area (Å²) >= 11 is 0. The second kappa shape index (κ2) is 4.22. The summed E-state index contributed by atoms with van der Waals surface area (Å²) in [6.45, 7) is 4.02. The third-order valence-corrected chi connectivity index (χ3v) is 3.56. The van der Waals surface area contributed by atoms with Crippen molar-refractivity contribution in [2.45, 2.75) is 38.7 Å². The van der Waals surface area contributed by atoms with Crippen LogP contribution in [0.5, 0.6) is 11.5 Å². The molecule has 0 heterocycles. The Morgan fingerprint density at radius 2 is 1.88 bits per heavy atom. The van der Waals surface area contributed by atoms with Crippen molar-refractivity contribution in [3.8, 4) is 11.5 Å². The van der Waals surface area contributed by atoms with Crippen LogP contribution in [0.15, 0.2) is 6.07 Å². The molecule has 2 rings (SSSR count). The maximum absolute atomic E-state index is 10.1. The van der Waals surface area contributed by atoms with Crippen LogP contribution in [0.3, 0.4) is 0 Å². The highest BCUT2D eigenvalue weighted by Gasteiger charge is 2.41. The van der Waals surface area contributed by atoms with Gasteiger partial charge in [-0.3, -0.25) is 0 Å². The largest absolute Gasteiger partial charge is 0.496 e. The van der Waals surface area contributed by atoms with Crippen LogP contribution in [0, 0.1) is 13.8 Å². The molecular formula is C14H20O3. The summed E-state index contributed by atoms with van der Waals surface area (Å²) in [5, 5.41) is 10.1. The second-order valence-electron chi connectivity index (χ2n) is 4.93. The van der Waals surface area contributed by atoms with Crippen molar-refractivity contribution >= 4 is 0 Å². The van der Waals surface area contributed by atoms with Crippen LogP contribution in [0.1, 0.15) is 29.5 Å². The van der Waals surface area contributed by atoms with Gasteiger partial charge in [0.2, 0.25) is 0 Å². The summed E-state index contributed by atoms with van der Waals surface area (Å²) in [5.74, 6) is 1.74. The molecule has 3 nitrogen and oxygen atoms in total. The molecule has 1 fully saturated rings. The molecule has 0 aliphatic heterocycles. The zero-order chi connectivity index (χ0) is 12.6. The first-order valence-corrected chi connectivity index (χ1v) is 5.94. The number of ether oxygens (including phenoxy) is 2. The molecule has 1 N–H and O–H groups in total. The maximum Gasteiger partial charge on any atom is 0.125 e. The summed E-state index contributed by atoms with van der Waals surface area (Å²) in [6.07, 6.45) is 2.41. The van der Waals surface area contributed by atoms with E-state index in [2.05, 4.69) is 0 Å². The van der Waals surface area contributed by atoms with E-state index in [0.29, 0.717) is 6.42 Å². The van der Waals surface area contributed by atoms with Gasteiger partial charge in [0.15, 0.2) is 0 Å². The number of benzene rings is 1. The van der Waals surface area contributed by atoms with Gasteiger partial charge in [-0.15, -0.1) is 0 Å². The molecule has 0 spiro atoms. The van der Waals surface area contributed by atoms with Crippen molar-refractivity contribution in [1.82, 2.24) is 0 Å². The van der Waals surface area contributed by atoms with E-state index in [-0.39, 0.29) is 0 Å². The Kier molecular flexibility index (Phi) is 3.04. The van der Waals surface area contributed by atoms with Gasteiger partial charge in [0.1, 0.15) is 11.5 Å². The lowest BCUT2D eigenvalue weighted by molar-refractivity contribution is 0.149. The van der Waals surface area contributed by atoms with Crippen LogP contribution in [0.25, 0.3) is 0 Å². The molecule has 1 aliphatic rings.